The van der Waals surface area contributed by atoms with E-state index in [0.29, 0.717) is 28.3 Å². The van der Waals surface area contributed by atoms with E-state index in [1.807, 2.05) is 0 Å². The van der Waals surface area contributed by atoms with Crippen molar-refractivity contribution in [2.45, 2.75) is 49.4 Å². The number of hydrogen-bond donors (Lipinski definition) is 0. The first-order valence-corrected chi connectivity index (χ1v) is 22.2. The Labute approximate surface area is 356 Å². The lowest BCUT2D eigenvalue weighted by molar-refractivity contribution is -0.000160. The molecule has 292 valence electrons. The fraction of sp³-hybridized carbons (Fsp3) is 0.211. The minimum absolute atomic E-state index is 0.328. The largest absolute Gasteiger partial charge is 0.456 e. The van der Waals surface area contributed by atoms with E-state index in [1.165, 1.54) is 66.3 Å². The highest BCUT2D eigenvalue weighted by molar-refractivity contribution is 5.90. The van der Waals surface area contributed by atoms with Crippen LogP contribution in [0, 0.1) is 23.2 Å². The van der Waals surface area contributed by atoms with Crippen molar-refractivity contribution in [1.29, 1.82) is 0 Å². The fourth-order valence-corrected chi connectivity index (χ4v) is 13.9. The second-order valence-electron chi connectivity index (χ2n) is 19.0. The lowest BCUT2D eigenvalue weighted by atomic mass is 9.55. The third-order valence-corrected chi connectivity index (χ3v) is 16.2. The fourth-order valence-electron chi connectivity index (χ4n) is 13.9. The molecule has 1 aliphatic heterocycles. The van der Waals surface area contributed by atoms with Crippen molar-refractivity contribution in [3.8, 4) is 67.9 Å². The molecule has 7 aromatic carbocycles. The number of hydrogen-bond acceptors (Lipinski definition) is 4. The third-order valence-electron chi connectivity index (χ3n) is 16.2. The van der Waals surface area contributed by atoms with Crippen molar-refractivity contribution in [3.05, 3.63) is 198 Å². The molecule has 61 heavy (non-hydrogen) atoms. The first kappa shape index (κ1) is 34.1. The average Bonchev–Trinajstić information content (AvgIpc) is 3.80. The van der Waals surface area contributed by atoms with Gasteiger partial charge in [0, 0.05) is 22.3 Å². The zero-order chi connectivity index (χ0) is 39.9. The van der Waals surface area contributed by atoms with Crippen molar-refractivity contribution in [2.24, 2.45) is 23.2 Å². The molecular formula is C57H43N3O. The van der Waals surface area contributed by atoms with E-state index in [0.717, 1.165) is 68.2 Å². The summed E-state index contributed by atoms with van der Waals surface area (Å²) >= 11 is 0. The van der Waals surface area contributed by atoms with Crippen LogP contribution in [0.25, 0.3) is 56.4 Å². The van der Waals surface area contributed by atoms with E-state index in [-0.39, 0.29) is 0 Å². The van der Waals surface area contributed by atoms with Crippen molar-refractivity contribution in [2.75, 3.05) is 0 Å². The minimum atomic E-state index is -0.580. The molecular weight excluding hydrogens is 743 g/mol. The Morgan fingerprint density at radius 2 is 1.07 bits per heavy atom. The average molecular weight is 786 g/mol. The molecule has 4 saturated carbocycles. The molecule has 8 aromatic rings. The summed E-state index contributed by atoms with van der Waals surface area (Å²) < 4.78 is 7.09. The molecule has 4 nitrogen and oxygen atoms in total. The highest BCUT2D eigenvalue weighted by Crippen LogP contribution is 2.79. The molecule has 14 rings (SSSR count). The summed E-state index contributed by atoms with van der Waals surface area (Å²) in [5.74, 6) is 6.36. The van der Waals surface area contributed by atoms with Crippen LogP contribution < -0.4 is 4.74 Å². The number of fused-ring (bicyclic) bond motifs is 11. The number of nitrogens with zero attached hydrogens (tertiary/aromatic N) is 3. The van der Waals surface area contributed by atoms with Crippen LogP contribution >= 0.6 is 0 Å². The first-order chi connectivity index (χ1) is 30.1. The standard InChI is InChI=1S/C57H43N3O/c1-2-12-36(13-3-1)38-14-10-15-39(29-38)53-58-52(37-24-26-40(27-25-37)55-31-35-28-41-30-42(33-55)56(41,32-35)34-55)59-54(60-53)45-18-11-22-49-51(45)61-50-23-9-8-21-48(50)57(49)46-19-6-4-16-43(46)44-17-5-7-20-47(44)57/h1-27,29,35,41-42H,28,30-34H2/t35-,41?,42+,55?,56?/m0/s1. The maximum absolute atomic E-state index is 7.09. The topological polar surface area (TPSA) is 47.9 Å². The minimum Gasteiger partial charge on any atom is -0.456 e. The zero-order valence-electron chi connectivity index (χ0n) is 33.9. The second kappa shape index (κ2) is 12.2. The zero-order valence-corrected chi connectivity index (χ0v) is 33.9. The van der Waals surface area contributed by atoms with Crippen LogP contribution in [0.15, 0.2) is 170 Å². The van der Waals surface area contributed by atoms with E-state index >= 15 is 0 Å². The molecule has 3 unspecified atom stereocenters. The van der Waals surface area contributed by atoms with Crippen LogP contribution in [0.3, 0.4) is 0 Å². The Bertz CT molecular complexity index is 3070. The van der Waals surface area contributed by atoms with Gasteiger partial charge in [-0.15, -0.1) is 0 Å². The molecule has 2 spiro atoms. The van der Waals surface area contributed by atoms with Gasteiger partial charge in [0.2, 0.25) is 0 Å². The highest BCUT2D eigenvalue weighted by Gasteiger charge is 2.71. The summed E-state index contributed by atoms with van der Waals surface area (Å²) in [6.45, 7) is 0. The summed E-state index contributed by atoms with van der Waals surface area (Å²) in [6.07, 6.45) is 8.55. The second-order valence-corrected chi connectivity index (χ2v) is 19.0. The molecule has 0 amide bonds. The van der Waals surface area contributed by atoms with Crippen molar-refractivity contribution < 1.29 is 4.74 Å². The summed E-state index contributed by atoms with van der Waals surface area (Å²) in [6, 6.07) is 61.3. The van der Waals surface area contributed by atoms with Gasteiger partial charge < -0.3 is 4.74 Å². The van der Waals surface area contributed by atoms with Crippen molar-refractivity contribution in [3.63, 3.8) is 0 Å². The molecule has 5 atom stereocenters. The Hall–Kier alpha value is -6.65. The van der Waals surface area contributed by atoms with E-state index in [4.69, 9.17) is 19.7 Å². The van der Waals surface area contributed by atoms with Crippen LogP contribution in [0.4, 0.5) is 0 Å². The Kier molecular flexibility index (Phi) is 6.84. The highest BCUT2D eigenvalue weighted by atomic mass is 16.5. The number of para-hydroxylation sites is 2. The number of ether oxygens (including phenoxy) is 1. The summed E-state index contributed by atoms with van der Waals surface area (Å²) in [4.78, 5) is 16.0. The van der Waals surface area contributed by atoms with Crippen LogP contribution in [-0.2, 0) is 10.8 Å². The Morgan fingerprint density at radius 3 is 1.87 bits per heavy atom. The van der Waals surface area contributed by atoms with Crippen LogP contribution in [0.5, 0.6) is 11.5 Å². The Morgan fingerprint density at radius 1 is 0.443 bits per heavy atom. The van der Waals surface area contributed by atoms with Gasteiger partial charge >= 0.3 is 0 Å². The maximum atomic E-state index is 7.09. The number of aromatic nitrogens is 3. The Balaban J connectivity index is 0.955. The molecule has 0 N–H and O–H groups in total. The van der Waals surface area contributed by atoms with Gasteiger partial charge in [0.1, 0.15) is 11.5 Å². The van der Waals surface area contributed by atoms with Crippen molar-refractivity contribution >= 4 is 0 Å². The SMILES string of the molecule is c1ccc(-c2cccc(-c3nc(-c4ccc(C56C[C@@H]7CC8C[C@H](C5)C8(C7)C6)cc4)nc(-c4cccc5c4Oc4ccccc4C54c5ccccc5-c5ccccc54)n3)c2)cc1. The van der Waals surface area contributed by atoms with E-state index < -0.39 is 5.41 Å². The molecule has 0 saturated heterocycles. The van der Waals surface area contributed by atoms with Crippen LogP contribution in [0.2, 0.25) is 0 Å². The van der Waals surface area contributed by atoms with Gasteiger partial charge in [0.15, 0.2) is 17.5 Å². The summed E-state index contributed by atoms with van der Waals surface area (Å²) in [5, 5.41) is 0. The van der Waals surface area contributed by atoms with Gasteiger partial charge in [-0.2, -0.15) is 0 Å². The number of rotatable bonds is 5. The first-order valence-electron chi connectivity index (χ1n) is 22.2. The van der Waals surface area contributed by atoms with Gasteiger partial charge in [0.25, 0.3) is 0 Å². The molecule has 4 fully saturated rings. The van der Waals surface area contributed by atoms with Crippen molar-refractivity contribution in [1.82, 2.24) is 15.0 Å². The molecule has 0 radical (unpaired) electrons. The summed E-state index contributed by atoms with van der Waals surface area (Å²) in [7, 11) is 0. The summed E-state index contributed by atoms with van der Waals surface area (Å²) in [5.41, 5.74) is 14.2. The van der Waals surface area contributed by atoms with Crippen LogP contribution in [0.1, 0.15) is 66.3 Å². The molecule has 1 aromatic heterocycles. The lowest BCUT2D eigenvalue weighted by Gasteiger charge is -2.49. The predicted molar refractivity (Wildman–Crippen MR) is 241 cm³/mol. The van der Waals surface area contributed by atoms with Gasteiger partial charge in [-0.25, -0.2) is 15.0 Å². The third kappa shape index (κ3) is 4.58. The van der Waals surface area contributed by atoms with E-state index in [9.17, 15) is 0 Å². The van der Waals surface area contributed by atoms with Gasteiger partial charge in [-0.1, -0.05) is 152 Å². The molecule has 2 heterocycles. The quantitative estimate of drug-likeness (QED) is 0.174. The van der Waals surface area contributed by atoms with E-state index in [2.05, 4.69) is 170 Å². The number of benzene rings is 7. The predicted octanol–water partition coefficient (Wildman–Crippen LogP) is 13.5. The normalized spacial score (nSPS) is 24.9. The smallest absolute Gasteiger partial charge is 0.167 e. The molecule has 4 heteroatoms. The molecule has 6 aliphatic rings. The molecule has 3 bridgehead atoms. The van der Waals surface area contributed by atoms with Gasteiger partial charge in [-0.05, 0) is 124 Å². The lowest BCUT2D eigenvalue weighted by Crippen LogP contribution is -2.42. The maximum Gasteiger partial charge on any atom is 0.167 e. The van der Waals surface area contributed by atoms with Crippen LogP contribution in [-0.4, -0.2) is 15.0 Å². The van der Waals surface area contributed by atoms with E-state index in [1.54, 1.807) is 0 Å². The van der Waals surface area contributed by atoms with Gasteiger partial charge in [0.05, 0.1) is 11.0 Å². The van der Waals surface area contributed by atoms with Gasteiger partial charge in [-0.3, -0.25) is 0 Å². The monoisotopic (exact) mass is 785 g/mol. The molecule has 5 aliphatic carbocycles.